The zero-order chi connectivity index (χ0) is 16.6. The summed E-state index contributed by atoms with van der Waals surface area (Å²) in [6, 6.07) is 8.52. The molecule has 2 amide bonds. The van der Waals surface area contributed by atoms with Crippen molar-refractivity contribution in [3.8, 4) is 11.5 Å². The molecule has 23 heavy (non-hydrogen) atoms. The van der Waals surface area contributed by atoms with Crippen molar-refractivity contribution in [2.24, 2.45) is 5.92 Å². The Kier molecular flexibility index (Phi) is 3.73. The van der Waals surface area contributed by atoms with E-state index in [0.29, 0.717) is 16.7 Å². The van der Waals surface area contributed by atoms with E-state index < -0.39 is 11.8 Å². The number of nitrogens with one attached hydrogen (secondary N) is 2. The van der Waals surface area contributed by atoms with E-state index in [0.717, 1.165) is 5.39 Å². The Morgan fingerprint density at radius 1 is 1.30 bits per heavy atom. The van der Waals surface area contributed by atoms with E-state index in [-0.39, 0.29) is 30.2 Å². The number of fused-ring (bicyclic) bond motifs is 1. The third kappa shape index (κ3) is 2.63. The molecule has 1 atom stereocenters. The maximum atomic E-state index is 12.0. The van der Waals surface area contributed by atoms with Crippen LogP contribution in [0.2, 0.25) is 0 Å². The first-order valence-corrected chi connectivity index (χ1v) is 7.23. The van der Waals surface area contributed by atoms with Gasteiger partial charge in [-0.3, -0.25) is 14.9 Å². The van der Waals surface area contributed by atoms with Gasteiger partial charge in [0.2, 0.25) is 11.8 Å². The summed E-state index contributed by atoms with van der Waals surface area (Å²) in [5.41, 5.74) is 0.336. The Morgan fingerprint density at radius 3 is 2.78 bits per heavy atom. The van der Waals surface area contributed by atoms with Gasteiger partial charge in [-0.05, 0) is 41.5 Å². The fourth-order valence-corrected chi connectivity index (χ4v) is 2.85. The van der Waals surface area contributed by atoms with Crippen molar-refractivity contribution >= 4 is 28.3 Å². The number of hydrogen-bond donors (Lipinski definition) is 3. The molecule has 2 aromatic carbocycles. The quantitative estimate of drug-likeness (QED) is 0.596. The third-order valence-corrected chi connectivity index (χ3v) is 4.06. The first-order chi connectivity index (χ1) is 11.0. The van der Waals surface area contributed by atoms with E-state index in [2.05, 4.69) is 5.32 Å². The Balaban J connectivity index is 2.08. The number of aromatic hydroxyl groups is 1. The van der Waals surface area contributed by atoms with E-state index >= 15 is 0 Å². The summed E-state index contributed by atoms with van der Waals surface area (Å²) in [6.45, 7) is 0. The van der Waals surface area contributed by atoms with Gasteiger partial charge in [-0.15, -0.1) is 0 Å². The molecule has 0 saturated carbocycles. The number of rotatable bonds is 3. The van der Waals surface area contributed by atoms with Crippen molar-refractivity contribution in [3.05, 3.63) is 35.9 Å². The Morgan fingerprint density at radius 2 is 2.09 bits per heavy atom. The second-order valence-electron chi connectivity index (χ2n) is 5.46. The summed E-state index contributed by atoms with van der Waals surface area (Å²) < 4.78 is 5.18. The maximum absolute atomic E-state index is 12.0. The van der Waals surface area contributed by atoms with Crippen LogP contribution in [0.1, 0.15) is 18.4 Å². The fourth-order valence-electron chi connectivity index (χ4n) is 2.85. The van der Waals surface area contributed by atoms with Crippen LogP contribution in [0.4, 0.5) is 0 Å². The molecule has 0 bridgehead atoms. The number of benzene rings is 2. The van der Waals surface area contributed by atoms with Crippen LogP contribution in [0.15, 0.2) is 30.3 Å². The predicted octanol–water partition coefficient (Wildman–Crippen LogP) is 1.97. The van der Waals surface area contributed by atoms with Crippen LogP contribution < -0.4 is 10.1 Å². The van der Waals surface area contributed by atoms with Crippen LogP contribution in [0.3, 0.4) is 0 Å². The molecular weight excluding hydrogens is 296 g/mol. The lowest BCUT2D eigenvalue weighted by molar-refractivity contribution is -0.134. The van der Waals surface area contributed by atoms with Gasteiger partial charge >= 0.3 is 0 Å². The molecule has 0 aromatic heterocycles. The standard InChI is InChI=1S/C17H16N2O4/c1-23-10-3-4-11-9(8-10)2-6-13(20)15(11)16(18)12-5-7-14(21)19-17(12)22/h2-4,6,8,12,18,20H,5,7H2,1H3,(H,19,21,22). The first kappa shape index (κ1) is 15.0. The number of methoxy groups -OCH3 is 1. The second kappa shape index (κ2) is 5.72. The molecule has 0 radical (unpaired) electrons. The van der Waals surface area contributed by atoms with Gasteiger partial charge in [-0.1, -0.05) is 6.07 Å². The lowest BCUT2D eigenvalue weighted by atomic mass is 9.86. The van der Waals surface area contributed by atoms with Gasteiger partial charge in [0.15, 0.2) is 0 Å². The number of amides is 2. The van der Waals surface area contributed by atoms with Crippen LogP contribution in [-0.4, -0.2) is 29.7 Å². The van der Waals surface area contributed by atoms with E-state index in [9.17, 15) is 14.7 Å². The van der Waals surface area contributed by atoms with Gasteiger partial charge < -0.3 is 15.3 Å². The molecule has 1 aliphatic rings. The SMILES string of the molecule is COc1ccc2c(C(=N)C3CCC(=O)NC3=O)c(O)ccc2c1. The lowest BCUT2D eigenvalue weighted by Gasteiger charge is -2.23. The number of phenols is 1. The molecule has 1 heterocycles. The summed E-state index contributed by atoms with van der Waals surface area (Å²) in [4.78, 5) is 23.3. The molecule has 0 spiro atoms. The first-order valence-electron chi connectivity index (χ1n) is 7.23. The van der Waals surface area contributed by atoms with E-state index in [1.807, 2.05) is 0 Å². The van der Waals surface area contributed by atoms with E-state index in [1.165, 1.54) is 6.07 Å². The normalized spacial score (nSPS) is 17.9. The summed E-state index contributed by atoms with van der Waals surface area (Å²) >= 11 is 0. The summed E-state index contributed by atoms with van der Waals surface area (Å²) in [5, 5.41) is 22.3. The molecule has 2 aromatic rings. The molecule has 1 aliphatic heterocycles. The number of phenolic OH excluding ortho intramolecular Hbond substituents is 1. The highest BCUT2D eigenvalue weighted by Crippen LogP contribution is 2.33. The molecule has 3 rings (SSSR count). The minimum absolute atomic E-state index is 0.0169. The molecule has 0 aliphatic carbocycles. The highest BCUT2D eigenvalue weighted by atomic mass is 16.5. The Hall–Kier alpha value is -2.89. The largest absolute Gasteiger partial charge is 0.507 e. The molecule has 3 N–H and O–H groups in total. The van der Waals surface area contributed by atoms with E-state index in [4.69, 9.17) is 10.1 Å². The van der Waals surface area contributed by atoms with Gasteiger partial charge in [0.25, 0.3) is 0 Å². The number of carbonyl (C=O) groups is 2. The molecule has 1 saturated heterocycles. The highest BCUT2D eigenvalue weighted by Gasteiger charge is 2.32. The summed E-state index contributed by atoms with van der Waals surface area (Å²) in [7, 11) is 1.56. The molecule has 6 nitrogen and oxygen atoms in total. The lowest BCUT2D eigenvalue weighted by Crippen LogP contribution is -2.43. The average Bonchev–Trinajstić information content (AvgIpc) is 2.53. The van der Waals surface area contributed by atoms with Gasteiger partial charge in [-0.2, -0.15) is 0 Å². The average molecular weight is 312 g/mol. The second-order valence-corrected chi connectivity index (χ2v) is 5.46. The van der Waals surface area contributed by atoms with Crippen LogP contribution in [-0.2, 0) is 9.59 Å². The Bertz CT molecular complexity index is 829. The fraction of sp³-hybridized carbons (Fsp3) is 0.235. The molecule has 118 valence electrons. The van der Waals surface area contributed by atoms with E-state index in [1.54, 1.807) is 31.4 Å². The van der Waals surface area contributed by atoms with Crippen molar-refractivity contribution in [3.63, 3.8) is 0 Å². The van der Waals surface area contributed by atoms with Gasteiger partial charge in [0.1, 0.15) is 11.5 Å². The van der Waals surface area contributed by atoms with Gasteiger partial charge in [0.05, 0.1) is 18.7 Å². The van der Waals surface area contributed by atoms with Crippen molar-refractivity contribution in [2.75, 3.05) is 7.11 Å². The van der Waals surface area contributed by atoms with Crippen LogP contribution in [0.25, 0.3) is 10.8 Å². The Labute approximate surface area is 132 Å². The number of ether oxygens (including phenoxy) is 1. The monoisotopic (exact) mass is 312 g/mol. The number of imide groups is 1. The minimum Gasteiger partial charge on any atom is -0.507 e. The maximum Gasteiger partial charge on any atom is 0.235 e. The zero-order valence-electron chi connectivity index (χ0n) is 12.6. The molecule has 6 heteroatoms. The van der Waals surface area contributed by atoms with Crippen LogP contribution in [0, 0.1) is 11.3 Å². The van der Waals surface area contributed by atoms with Crippen molar-refractivity contribution in [1.82, 2.24) is 5.32 Å². The molecule has 1 unspecified atom stereocenters. The van der Waals surface area contributed by atoms with Gasteiger partial charge in [0, 0.05) is 12.0 Å². The third-order valence-electron chi connectivity index (χ3n) is 4.06. The zero-order valence-corrected chi connectivity index (χ0v) is 12.6. The van der Waals surface area contributed by atoms with Crippen molar-refractivity contribution in [2.45, 2.75) is 12.8 Å². The van der Waals surface area contributed by atoms with Crippen LogP contribution in [0.5, 0.6) is 11.5 Å². The van der Waals surface area contributed by atoms with Gasteiger partial charge in [-0.25, -0.2) is 0 Å². The molecule has 1 fully saturated rings. The topological polar surface area (TPSA) is 99.5 Å². The summed E-state index contributed by atoms with van der Waals surface area (Å²) in [6.07, 6.45) is 0.466. The number of carbonyl (C=O) groups excluding carboxylic acids is 2. The molecular formula is C17H16N2O4. The smallest absolute Gasteiger partial charge is 0.235 e. The minimum atomic E-state index is -0.744. The van der Waals surface area contributed by atoms with Crippen molar-refractivity contribution in [1.29, 1.82) is 5.41 Å². The predicted molar refractivity (Wildman–Crippen MR) is 84.9 cm³/mol. The summed E-state index contributed by atoms with van der Waals surface area (Å²) in [5.74, 6) is -0.951. The number of hydrogen-bond acceptors (Lipinski definition) is 5. The van der Waals surface area contributed by atoms with Crippen LogP contribution >= 0.6 is 0 Å². The van der Waals surface area contributed by atoms with Crippen molar-refractivity contribution < 1.29 is 19.4 Å². The number of piperidine rings is 1. The highest BCUT2D eigenvalue weighted by molar-refractivity contribution is 6.21.